The van der Waals surface area contributed by atoms with Gasteiger partial charge in [0.15, 0.2) is 0 Å². The Morgan fingerprint density at radius 1 is 0.895 bits per heavy atom. The van der Waals surface area contributed by atoms with Gasteiger partial charge in [0.05, 0.1) is 0 Å². The van der Waals surface area contributed by atoms with Gasteiger partial charge in [-0.25, -0.2) is 0 Å². The third-order valence-electron chi connectivity index (χ3n) is 3.54. The van der Waals surface area contributed by atoms with Crippen molar-refractivity contribution in [2.45, 2.75) is 32.8 Å². The van der Waals surface area contributed by atoms with E-state index in [1.807, 2.05) is 37.3 Å². The first kappa shape index (κ1) is 13.6. The molecule has 0 aliphatic carbocycles. The Balaban J connectivity index is 2.27. The molecule has 0 radical (unpaired) electrons. The van der Waals surface area contributed by atoms with Gasteiger partial charge in [-0.15, -0.1) is 0 Å². The summed E-state index contributed by atoms with van der Waals surface area (Å²) in [6.07, 6.45) is -0.621. The summed E-state index contributed by atoms with van der Waals surface area (Å²) in [6, 6.07) is 13.8. The first-order valence-electron chi connectivity index (χ1n) is 6.63. The van der Waals surface area contributed by atoms with Crippen LogP contribution in [0.2, 0.25) is 0 Å². The Morgan fingerprint density at radius 2 is 1.42 bits per heavy atom. The molecule has 2 nitrogen and oxygen atoms in total. The Kier molecular flexibility index (Phi) is 3.91. The van der Waals surface area contributed by atoms with Crippen LogP contribution in [0.4, 0.5) is 5.69 Å². The fourth-order valence-electron chi connectivity index (χ4n) is 2.08. The van der Waals surface area contributed by atoms with Crippen LogP contribution in [0.15, 0.2) is 42.5 Å². The van der Waals surface area contributed by atoms with Crippen molar-refractivity contribution in [3.63, 3.8) is 0 Å². The molecule has 0 spiro atoms. The van der Waals surface area contributed by atoms with E-state index in [-0.39, 0.29) is 0 Å². The van der Waals surface area contributed by atoms with Crippen LogP contribution in [-0.2, 0) is 0 Å². The number of hydrogen-bond acceptors (Lipinski definition) is 2. The lowest BCUT2D eigenvalue weighted by atomic mass is 9.96. The molecule has 0 aromatic heterocycles. The van der Waals surface area contributed by atoms with E-state index < -0.39 is 6.10 Å². The second-order valence-corrected chi connectivity index (χ2v) is 5.34. The molecule has 0 aliphatic heterocycles. The molecule has 2 aromatic rings. The fourth-order valence-corrected chi connectivity index (χ4v) is 2.08. The lowest BCUT2D eigenvalue weighted by molar-refractivity contribution is 0.220. The van der Waals surface area contributed by atoms with E-state index in [4.69, 9.17) is 5.73 Å². The highest BCUT2D eigenvalue weighted by Gasteiger charge is 2.11. The SMILES string of the molecule is Cc1ccc(C(O)c2ccc(C(C)C)cc2)cc1N. The molecule has 3 N–H and O–H groups in total. The Bertz CT molecular complexity index is 558. The fraction of sp³-hybridized carbons (Fsp3) is 0.294. The summed E-state index contributed by atoms with van der Waals surface area (Å²) in [5.74, 6) is 0.501. The molecule has 2 rings (SSSR count). The van der Waals surface area contributed by atoms with E-state index in [0.29, 0.717) is 5.92 Å². The Hall–Kier alpha value is -1.80. The Labute approximate surface area is 114 Å². The molecule has 0 aliphatic rings. The minimum absolute atomic E-state index is 0.501. The molecule has 1 unspecified atom stereocenters. The van der Waals surface area contributed by atoms with Gasteiger partial charge < -0.3 is 10.8 Å². The number of anilines is 1. The minimum Gasteiger partial charge on any atom is -0.399 e. The highest BCUT2D eigenvalue weighted by Crippen LogP contribution is 2.26. The smallest absolute Gasteiger partial charge is 0.104 e. The standard InChI is InChI=1S/C17H21NO/c1-11(2)13-6-8-14(9-7-13)17(19)15-5-4-12(3)16(18)10-15/h4-11,17,19H,18H2,1-3H3. The number of hydrogen-bond donors (Lipinski definition) is 2. The number of nitrogen functional groups attached to an aromatic ring is 1. The van der Waals surface area contributed by atoms with Gasteiger partial charge >= 0.3 is 0 Å². The van der Waals surface area contributed by atoms with Gasteiger partial charge in [0.25, 0.3) is 0 Å². The van der Waals surface area contributed by atoms with E-state index >= 15 is 0 Å². The van der Waals surface area contributed by atoms with E-state index in [2.05, 4.69) is 26.0 Å². The zero-order valence-electron chi connectivity index (χ0n) is 11.7. The van der Waals surface area contributed by atoms with E-state index in [1.165, 1.54) is 5.56 Å². The van der Waals surface area contributed by atoms with Crippen molar-refractivity contribution in [3.8, 4) is 0 Å². The van der Waals surface area contributed by atoms with Gasteiger partial charge in [-0.3, -0.25) is 0 Å². The lowest BCUT2D eigenvalue weighted by Gasteiger charge is -2.14. The van der Waals surface area contributed by atoms with Crippen molar-refractivity contribution in [2.75, 3.05) is 5.73 Å². The molecule has 0 saturated heterocycles. The van der Waals surface area contributed by atoms with Crippen LogP contribution in [-0.4, -0.2) is 5.11 Å². The molecule has 0 heterocycles. The van der Waals surface area contributed by atoms with Crippen LogP contribution in [0.3, 0.4) is 0 Å². The van der Waals surface area contributed by atoms with Crippen molar-refractivity contribution in [2.24, 2.45) is 0 Å². The van der Waals surface area contributed by atoms with Crippen LogP contribution in [0, 0.1) is 6.92 Å². The zero-order chi connectivity index (χ0) is 14.0. The largest absolute Gasteiger partial charge is 0.399 e. The molecule has 0 fully saturated rings. The molecule has 19 heavy (non-hydrogen) atoms. The summed E-state index contributed by atoms with van der Waals surface area (Å²) in [5, 5.41) is 10.4. The van der Waals surface area contributed by atoms with E-state index in [9.17, 15) is 5.11 Å². The second kappa shape index (κ2) is 5.45. The summed E-state index contributed by atoms with van der Waals surface area (Å²) in [6.45, 7) is 6.28. The Morgan fingerprint density at radius 3 is 1.95 bits per heavy atom. The zero-order valence-corrected chi connectivity index (χ0v) is 11.7. The number of nitrogens with two attached hydrogens (primary N) is 1. The van der Waals surface area contributed by atoms with Crippen LogP contribution in [0.1, 0.15) is 48.1 Å². The topological polar surface area (TPSA) is 46.2 Å². The van der Waals surface area contributed by atoms with Crippen LogP contribution in [0.5, 0.6) is 0 Å². The highest BCUT2D eigenvalue weighted by atomic mass is 16.3. The number of aliphatic hydroxyl groups is 1. The predicted octanol–water partition coefficient (Wildman–Crippen LogP) is 3.78. The van der Waals surface area contributed by atoms with Gasteiger partial charge in [0, 0.05) is 5.69 Å². The maximum Gasteiger partial charge on any atom is 0.104 e. The van der Waals surface area contributed by atoms with Crippen LogP contribution >= 0.6 is 0 Å². The van der Waals surface area contributed by atoms with E-state index in [1.54, 1.807) is 0 Å². The van der Waals surface area contributed by atoms with Crippen molar-refractivity contribution < 1.29 is 5.11 Å². The van der Waals surface area contributed by atoms with E-state index in [0.717, 1.165) is 22.4 Å². The van der Waals surface area contributed by atoms with Gasteiger partial charge in [-0.1, -0.05) is 50.2 Å². The quantitative estimate of drug-likeness (QED) is 0.820. The third kappa shape index (κ3) is 2.96. The van der Waals surface area contributed by atoms with Gasteiger partial charge in [-0.2, -0.15) is 0 Å². The third-order valence-corrected chi connectivity index (χ3v) is 3.54. The molecule has 0 amide bonds. The summed E-state index contributed by atoms with van der Waals surface area (Å²) in [5.41, 5.74) is 10.6. The van der Waals surface area contributed by atoms with Crippen molar-refractivity contribution >= 4 is 5.69 Å². The molecule has 1 atom stereocenters. The number of aryl methyl sites for hydroxylation is 1. The second-order valence-electron chi connectivity index (χ2n) is 5.34. The summed E-state index contributed by atoms with van der Waals surface area (Å²) < 4.78 is 0. The average molecular weight is 255 g/mol. The van der Waals surface area contributed by atoms with Crippen LogP contribution in [0.25, 0.3) is 0 Å². The molecule has 0 saturated carbocycles. The normalized spacial score (nSPS) is 12.7. The lowest BCUT2D eigenvalue weighted by Crippen LogP contribution is -2.02. The van der Waals surface area contributed by atoms with Crippen LogP contribution < -0.4 is 5.73 Å². The monoisotopic (exact) mass is 255 g/mol. The molecular formula is C17H21NO. The first-order valence-corrected chi connectivity index (χ1v) is 6.63. The summed E-state index contributed by atoms with van der Waals surface area (Å²) in [7, 11) is 0. The molecular weight excluding hydrogens is 234 g/mol. The van der Waals surface area contributed by atoms with Gasteiger partial charge in [0.1, 0.15) is 6.10 Å². The maximum absolute atomic E-state index is 10.4. The number of benzene rings is 2. The minimum atomic E-state index is -0.621. The van der Waals surface area contributed by atoms with Crippen molar-refractivity contribution in [1.82, 2.24) is 0 Å². The highest BCUT2D eigenvalue weighted by molar-refractivity contribution is 5.50. The predicted molar refractivity (Wildman–Crippen MR) is 80.2 cm³/mol. The summed E-state index contributed by atoms with van der Waals surface area (Å²) in [4.78, 5) is 0. The first-order chi connectivity index (χ1) is 8.99. The molecule has 0 bridgehead atoms. The summed E-state index contributed by atoms with van der Waals surface area (Å²) >= 11 is 0. The molecule has 100 valence electrons. The van der Waals surface area contributed by atoms with Crippen molar-refractivity contribution in [1.29, 1.82) is 0 Å². The molecule has 2 heteroatoms. The average Bonchev–Trinajstić information content (AvgIpc) is 2.41. The van der Waals surface area contributed by atoms with Gasteiger partial charge in [-0.05, 0) is 41.2 Å². The maximum atomic E-state index is 10.4. The number of aliphatic hydroxyl groups excluding tert-OH is 1. The van der Waals surface area contributed by atoms with Crippen molar-refractivity contribution in [3.05, 3.63) is 64.7 Å². The van der Waals surface area contributed by atoms with Gasteiger partial charge in [0.2, 0.25) is 0 Å². The molecule has 2 aromatic carbocycles. The number of rotatable bonds is 3.